The van der Waals surface area contributed by atoms with Gasteiger partial charge < -0.3 is 15.5 Å². The fourth-order valence-corrected chi connectivity index (χ4v) is 5.24. The summed E-state index contributed by atoms with van der Waals surface area (Å²) in [6.07, 6.45) is 1.48. The quantitative estimate of drug-likeness (QED) is 0.347. The van der Waals surface area contributed by atoms with Gasteiger partial charge in [0.1, 0.15) is 6.04 Å². The summed E-state index contributed by atoms with van der Waals surface area (Å²) in [5, 5.41) is 9.69. The van der Waals surface area contributed by atoms with Crippen LogP contribution in [-0.4, -0.2) is 48.4 Å². The largest absolute Gasteiger partial charge is 0.344 e. The molecule has 6 heteroatoms. The average molecular weight is 526 g/mol. The molecule has 0 radical (unpaired) electrons. The summed E-state index contributed by atoms with van der Waals surface area (Å²) in [6.45, 7) is 1.92. The smallest absolute Gasteiger partial charge is 0.245 e. The van der Waals surface area contributed by atoms with E-state index in [1.54, 1.807) is 0 Å². The zero-order valence-corrected chi connectivity index (χ0v) is 22.0. The van der Waals surface area contributed by atoms with Gasteiger partial charge >= 0.3 is 0 Å². The van der Waals surface area contributed by atoms with E-state index in [0.717, 1.165) is 24.1 Å². The first-order valence-electron chi connectivity index (χ1n) is 13.1. The van der Waals surface area contributed by atoms with E-state index >= 15 is 0 Å². The summed E-state index contributed by atoms with van der Waals surface area (Å²) in [6, 6.07) is 31.4. The maximum atomic E-state index is 13.8. The molecule has 2 atom stereocenters. The second-order valence-corrected chi connectivity index (χ2v) is 10.4. The molecule has 4 aromatic rings. The Bertz CT molecular complexity index is 1390. The molecule has 38 heavy (non-hydrogen) atoms. The monoisotopic (exact) mass is 525 g/mol. The Labute approximate surface area is 228 Å². The van der Waals surface area contributed by atoms with Crippen molar-refractivity contribution in [3.63, 3.8) is 0 Å². The first kappa shape index (κ1) is 26.0. The molecule has 4 aromatic carbocycles. The number of nitrogens with one attached hydrogen (secondary N) is 2. The van der Waals surface area contributed by atoms with Gasteiger partial charge in [0, 0.05) is 37.1 Å². The number of amides is 2. The molecule has 0 bridgehead atoms. The minimum absolute atomic E-state index is 0.0497. The molecule has 2 amide bonds. The van der Waals surface area contributed by atoms with Crippen LogP contribution in [0, 0.1) is 0 Å². The Balaban J connectivity index is 1.28. The molecule has 1 fully saturated rings. The fourth-order valence-electron chi connectivity index (χ4n) is 5.12. The number of hydrogen-bond donors (Lipinski definition) is 2. The van der Waals surface area contributed by atoms with Gasteiger partial charge in [0.2, 0.25) is 11.8 Å². The standard InChI is InChI=1S/C32H32ClN3O2/c33-28-14-11-24(12-15-28)20-30(35-31(37)21-23-6-2-1-3-7-23)32(38)36-17-16-34-29(22-36)19-25-10-13-26-8-4-5-9-27(26)18-25/h1-15,18,29-30,34H,16-17,19-22H2,(H,35,37). The maximum absolute atomic E-state index is 13.8. The van der Waals surface area contributed by atoms with Gasteiger partial charge in [-0.3, -0.25) is 9.59 Å². The third-order valence-electron chi connectivity index (χ3n) is 7.06. The van der Waals surface area contributed by atoms with Crippen LogP contribution < -0.4 is 10.6 Å². The number of benzene rings is 4. The van der Waals surface area contributed by atoms with Crippen molar-refractivity contribution in [2.24, 2.45) is 0 Å². The molecule has 0 aromatic heterocycles. The molecule has 0 saturated carbocycles. The van der Waals surface area contributed by atoms with Gasteiger partial charge in [-0.05, 0) is 46.0 Å². The van der Waals surface area contributed by atoms with Crippen LogP contribution in [0.15, 0.2) is 97.1 Å². The van der Waals surface area contributed by atoms with Crippen LogP contribution in [-0.2, 0) is 28.9 Å². The first-order chi connectivity index (χ1) is 18.5. The van der Waals surface area contributed by atoms with Crippen LogP contribution in [0.5, 0.6) is 0 Å². The lowest BCUT2D eigenvalue weighted by atomic mass is 9.99. The van der Waals surface area contributed by atoms with E-state index in [4.69, 9.17) is 11.6 Å². The van der Waals surface area contributed by atoms with Crippen molar-refractivity contribution in [2.45, 2.75) is 31.3 Å². The minimum Gasteiger partial charge on any atom is -0.344 e. The summed E-state index contributed by atoms with van der Waals surface area (Å²) < 4.78 is 0. The lowest BCUT2D eigenvalue weighted by molar-refractivity contribution is -0.137. The van der Waals surface area contributed by atoms with Gasteiger partial charge in [-0.2, -0.15) is 0 Å². The number of rotatable bonds is 8. The molecule has 194 valence electrons. The third-order valence-corrected chi connectivity index (χ3v) is 7.31. The van der Waals surface area contributed by atoms with Crippen LogP contribution in [0.3, 0.4) is 0 Å². The van der Waals surface area contributed by atoms with E-state index in [9.17, 15) is 9.59 Å². The second kappa shape index (κ2) is 12.2. The van der Waals surface area contributed by atoms with Crippen LogP contribution in [0.1, 0.15) is 16.7 Å². The van der Waals surface area contributed by atoms with Crippen LogP contribution >= 0.6 is 11.6 Å². The van der Waals surface area contributed by atoms with Crippen molar-refractivity contribution in [2.75, 3.05) is 19.6 Å². The number of carbonyl (C=O) groups is 2. The summed E-state index contributed by atoms with van der Waals surface area (Å²) >= 11 is 6.07. The Morgan fingerprint density at radius 3 is 2.37 bits per heavy atom. The number of piperazine rings is 1. The maximum Gasteiger partial charge on any atom is 0.245 e. The van der Waals surface area contributed by atoms with Gasteiger partial charge in [-0.1, -0.05) is 96.5 Å². The molecule has 5 rings (SSSR count). The second-order valence-electron chi connectivity index (χ2n) is 9.93. The van der Waals surface area contributed by atoms with E-state index in [0.29, 0.717) is 24.5 Å². The van der Waals surface area contributed by atoms with Crippen molar-refractivity contribution in [3.8, 4) is 0 Å². The number of halogens is 1. The third kappa shape index (κ3) is 6.80. The van der Waals surface area contributed by atoms with E-state index < -0.39 is 6.04 Å². The van der Waals surface area contributed by atoms with Gasteiger partial charge in [-0.15, -0.1) is 0 Å². The highest BCUT2D eigenvalue weighted by molar-refractivity contribution is 6.30. The minimum atomic E-state index is -0.646. The lowest BCUT2D eigenvalue weighted by Gasteiger charge is -2.36. The highest BCUT2D eigenvalue weighted by Gasteiger charge is 2.30. The van der Waals surface area contributed by atoms with Gasteiger partial charge in [0.15, 0.2) is 0 Å². The van der Waals surface area contributed by atoms with E-state index in [1.165, 1.54) is 16.3 Å². The Morgan fingerprint density at radius 1 is 0.868 bits per heavy atom. The number of nitrogens with zero attached hydrogens (tertiary/aromatic N) is 1. The summed E-state index contributed by atoms with van der Waals surface area (Å²) in [5.74, 6) is -0.210. The van der Waals surface area contributed by atoms with E-state index in [1.807, 2.05) is 65.6 Å². The van der Waals surface area contributed by atoms with Crippen molar-refractivity contribution in [3.05, 3.63) is 119 Å². The molecule has 2 N–H and O–H groups in total. The Hall–Kier alpha value is -3.67. The molecule has 0 aliphatic carbocycles. The van der Waals surface area contributed by atoms with Gasteiger partial charge in [0.05, 0.1) is 6.42 Å². The topological polar surface area (TPSA) is 61.4 Å². The molecule has 1 aliphatic rings. The molecule has 5 nitrogen and oxygen atoms in total. The van der Waals surface area contributed by atoms with Crippen LogP contribution in [0.2, 0.25) is 5.02 Å². The SMILES string of the molecule is O=C(Cc1ccccc1)NC(Cc1ccc(Cl)cc1)C(=O)N1CCNC(Cc2ccc3ccccc3c2)C1. The summed E-state index contributed by atoms with van der Waals surface area (Å²) in [4.78, 5) is 28.6. The van der Waals surface area contributed by atoms with Crippen molar-refractivity contribution in [1.29, 1.82) is 0 Å². The molecule has 0 spiro atoms. The van der Waals surface area contributed by atoms with E-state index in [2.05, 4.69) is 47.0 Å². The van der Waals surface area contributed by atoms with Gasteiger partial charge in [-0.25, -0.2) is 0 Å². The lowest BCUT2D eigenvalue weighted by Crippen LogP contribution is -2.58. The molecule has 2 unspecified atom stereocenters. The molecular weight excluding hydrogens is 494 g/mol. The van der Waals surface area contributed by atoms with Crippen molar-refractivity contribution >= 4 is 34.2 Å². The molecule has 1 aliphatic heterocycles. The predicted octanol–water partition coefficient (Wildman–Crippen LogP) is 4.81. The van der Waals surface area contributed by atoms with Crippen LogP contribution in [0.4, 0.5) is 0 Å². The fraction of sp³-hybridized carbons (Fsp3) is 0.250. The first-order valence-corrected chi connectivity index (χ1v) is 13.5. The van der Waals surface area contributed by atoms with Crippen molar-refractivity contribution in [1.82, 2.24) is 15.5 Å². The number of carbonyl (C=O) groups excluding carboxylic acids is 2. The highest BCUT2D eigenvalue weighted by atomic mass is 35.5. The number of hydrogen-bond acceptors (Lipinski definition) is 3. The summed E-state index contributed by atoms with van der Waals surface area (Å²) in [5.41, 5.74) is 3.11. The van der Waals surface area contributed by atoms with Crippen LogP contribution in [0.25, 0.3) is 10.8 Å². The van der Waals surface area contributed by atoms with E-state index in [-0.39, 0.29) is 24.3 Å². The molecule has 1 heterocycles. The predicted molar refractivity (Wildman–Crippen MR) is 153 cm³/mol. The normalized spacial score (nSPS) is 16.2. The van der Waals surface area contributed by atoms with Gasteiger partial charge in [0.25, 0.3) is 0 Å². The number of fused-ring (bicyclic) bond motifs is 1. The zero-order chi connectivity index (χ0) is 26.3. The van der Waals surface area contributed by atoms with Crippen molar-refractivity contribution < 1.29 is 9.59 Å². The molecule has 1 saturated heterocycles. The Kier molecular flexibility index (Phi) is 8.37. The highest BCUT2D eigenvalue weighted by Crippen LogP contribution is 2.18. The Morgan fingerprint density at radius 2 is 1.58 bits per heavy atom. The molecular formula is C32H32ClN3O2. The summed E-state index contributed by atoms with van der Waals surface area (Å²) in [7, 11) is 0. The zero-order valence-electron chi connectivity index (χ0n) is 21.3. The average Bonchev–Trinajstić information content (AvgIpc) is 2.94.